The van der Waals surface area contributed by atoms with Crippen molar-refractivity contribution >= 4 is 33.1 Å². The fourth-order valence-corrected chi connectivity index (χ4v) is 4.90. The maximum atomic E-state index is 13.5. The minimum Gasteiger partial charge on any atom is -0.413 e. The van der Waals surface area contributed by atoms with E-state index in [4.69, 9.17) is 18.2 Å². The highest BCUT2D eigenvalue weighted by Crippen LogP contribution is 2.47. The molecule has 0 saturated carbocycles. The Hall–Kier alpha value is -2.69. The monoisotopic (exact) mass is 470 g/mol. The standard InChI is InChI=1S/C18H15O9PS2/c19-28(16-4-2-1-3-5-16,26-14-6-10-17(11-7-14)29(20,21)22)27-15-8-12-18(13-9-15)30(23,24)25/h1-13H,(H,20,21,22)(H,23,24,25). The maximum Gasteiger partial charge on any atom is 0.462 e. The molecule has 30 heavy (non-hydrogen) atoms. The molecule has 12 heteroatoms. The van der Waals surface area contributed by atoms with E-state index >= 15 is 0 Å². The van der Waals surface area contributed by atoms with Crippen molar-refractivity contribution in [2.45, 2.75) is 9.79 Å². The van der Waals surface area contributed by atoms with Crippen molar-refractivity contribution in [2.24, 2.45) is 0 Å². The zero-order valence-electron chi connectivity index (χ0n) is 15.0. The summed E-state index contributed by atoms with van der Waals surface area (Å²) in [4.78, 5) is -0.739. The van der Waals surface area contributed by atoms with Crippen LogP contribution >= 0.6 is 7.60 Å². The van der Waals surface area contributed by atoms with Gasteiger partial charge in [0.25, 0.3) is 20.2 Å². The highest BCUT2D eigenvalue weighted by atomic mass is 32.2. The lowest BCUT2D eigenvalue weighted by molar-refractivity contribution is 0.399. The number of benzene rings is 3. The van der Waals surface area contributed by atoms with Gasteiger partial charge in [-0.05, 0) is 60.7 Å². The molecule has 0 bridgehead atoms. The van der Waals surface area contributed by atoms with E-state index in [1.54, 1.807) is 18.2 Å². The van der Waals surface area contributed by atoms with Crippen LogP contribution in [0.15, 0.2) is 88.7 Å². The third-order valence-electron chi connectivity index (χ3n) is 3.77. The first-order valence-electron chi connectivity index (χ1n) is 8.17. The van der Waals surface area contributed by atoms with E-state index in [1.165, 1.54) is 36.4 Å². The molecule has 0 fully saturated rings. The van der Waals surface area contributed by atoms with Crippen molar-refractivity contribution in [1.29, 1.82) is 0 Å². The van der Waals surface area contributed by atoms with Gasteiger partial charge in [-0.3, -0.25) is 9.11 Å². The summed E-state index contributed by atoms with van der Waals surface area (Å²) in [5.41, 5.74) is 0. The summed E-state index contributed by atoms with van der Waals surface area (Å²) in [6, 6.07) is 17.0. The van der Waals surface area contributed by atoms with Crippen molar-refractivity contribution in [3.05, 3.63) is 78.9 Å². The highest BCUT2D eigenvalue weighted by molar-refractivity contribution is 7.86. The Morgan fingerprint density at radius 2 is 0.967 bits per heavy atom. The fraction of sp³-hybridized carbons (Fsp3) is 0. The van der Waals surface area contributed by atoms with Crippen LogP contribution in [-0.4, -0.2) is 25.9 Å². The molecule has 0 radical (unpaired) electrons. The van der Waals surface area contributed by atoms with Crippen molar-refractivity contribution in [2.75, 3.05) is 0 Å². The molecular formula is C18H15O9PS2. The Bertz CT molecular complexity index is 1200. The van der Waals surface area contributed by atoms with Gasteiger partial charge in [0.1, 0.15) is 11.5 Å². The molecule has 2 N–H and O–H groups in total. The second-order valence-corrected chi connectivity index (χ2v) is 10.6. The molecule has 0 spiro atoms. The average molecular weight is 470 g/mol. The van der Waals surface area contributed by atoms with Crippen LogP contribution in [0.5, 0.6) is 11.5 Å². The van der Waals surface area contributed by atoms with E-state index in [2.05, 4.69) is 0 Å². The Kier molecular flexibility index (Phi) is 6.02. The molecule has 0 aliphatic rings. The Balaban J connectivity index is 1.95. The Labute approximate surface area is 172 Å². The second-order valence-electron chi connectivity index (χ2n) is 5.91. The molecule has 0 amide bonds. The summed E-state index contributed by atoms with van der Waals surface area (Å²) in [5.74, 6) is 0.00767. The number of hydrogen-bond acceptors (Lipinski definition) is 7. The van der Waals surface area contributed by atoms with E-state index in [1.807, 2.05) is 0 Å². The molecule has 0 aromatic heterocycles. The third-order valence-corrected chi connectivity index (χ3v) is 7.34. The molecule has 3 aromatic carbocycles. The first-order chi connectivity index (χ1) is 14.0. The lowest BCUT2D eigenvalue weighted by Gasteiger charge is -2.20. The predicted octanol–water partition coefficient (Wildman–Crippen LogP) is 3.16. The largest absolute Gasteiger partial charge is 0.462 e. The van der Waals surface area contributed by atoms with Gasteiger partial charge in [-0.25, -0.2) is 4.57 Å². The van der Waals surface area contributed by atoms with Crippen LogP contribution in [0.4, 0.5) is 0 Å². The Morgan fingerprint density at radius 3 is 1.30 bits per heavy atom. The van der Waals surface area contributed by atoms with Gasteiger partial charge in [0.05, 0.1) is 15.1 Å². The first-order valence-corrected chi connectivity index (χ1v) is 12.6. The minimum absolute atomic E-state index is 0.00384. The quantitative estimate of drug-likeness (QED) is 0.393. The maximum absolute atomic E-state index is 13.5. The number of hydrogen-bond donors (Lipinski definition) is 2. The van der Waals surface area contributed by atoms with Crippen molar-refractivity contribution < 1.29 is 39.6 Å². The summed E-state index contributed by atoms with van der Waals surface area (Å²) in [6.07, 6.45) is 0. The molecule has 0 unspecified atom stereocenters. The Morgan fingerprint density at radius 1 is 0.600 bits per heavy atom. The first kappa shape index (κ1) is 22.0. The fourth-order valence-electron chi connectivity index (χ4n) is 2.36. The van der Waals surface area contributed by atoms with Crippen LogP contribution in [0, 0.1) is 0 Å². The SMILES string of the molecule is O=P(Oc1ccc(S(=O)(=O)O)cc1)(Oc1ccc(S(=O)(=O)O)cc1)c1ccccc1. The third kappa shape index (κ3) is 5.26. The van der Waals surface area contributed by atoms with Crippen molar-refractivity contribution in [3.8, 4) is 11.5 Å². The van der Waals surface area contributed by atoms with Gasteiger partial charge in [-0.15, -0.1) is 0 Å². The lowest BCUT2D eigenvalue weighted by Crippen LogP contribution is -2.14. The smallest absolute Gasteiger partial charge is 0.413 e. The molecule has 158 valence electrons. The summed E-state index contributed by atoms with van der Waals surface area (Å²) in [5, 5.41) is 0.183. The van der Waals surface area contributed by atoms with E-state index < -0.39 is 27.8 Å². The van der Waals surface area contributed by atoms with E-state index in [0.717, 1.165) is 24.3 Å². The molecule has 3 rings (SSSR count). The van der Waals surface area contributed by atoms with Gasteiger partial charge in [-0.2, -0.15) is 16.8 Å². The summed E-state index contributed by atoms with van der Waals surface area (Å²) in [7, 11) is -12.9. The average Bonchev–Trinajstić information content (AvgIpc) is 2.68. The van der Waals surface area contributed by atoms with Crippen LogP contribution in [0.1, 0.15) is 0 Å². The predicted molar refractivity (Wildman–Crippen MR) is 107 cm³/mol. The summed E-state index contributed by atoms with van der Waals surface area (Å²) < 4.78 is 87.4. The van der Waals surface area contributed by atoms with Gasteiger partial charge in [0, 0.05) is 0 Å². The minimum atomic E-state index is -4.41. The van der Waals surface area contributed by atoms with Crippen LogP contribution in [0.3, 0.4) is 0 Å². The summed E-state index contributed by atoms with van der Waals surface area (Å²) >= 11 is 0. The number of rotatable bonds is 7. The molecule has 0 heterocycles. The van der Waals surface area contributed by atoms with Gasteiger partial charge in [-0.1, -0.05) is 18.2 Å². The normalized spacial score (nSPS) is 12.3. The van der Waals surface area contributed by atoms with Crippen LogP contribution in [0.2, 0.25) is 0 Å². The van der Waals surface area contributed by atoms with Gasteiger partial charge < -0.3 is 9.05 Å². The molecule has 0 aliphatic carbocycles. The van der Waals surface area contributed by atoms with E-state index in [-0.39, 0.29) is 26.6 Å². The van der Waals surface area contributed by atoms with Crippen LogP contribution < -0.4 is 14.4 Å². The van der Waals surface area contributed by atoms with Crippen molar-refractivity contribution in [1.82, 2.24) is 0 Å². The molecular weight excluding hydrogens is 455 g/mol. The van der Waals surface area contributed by atoms with Gasteiger partial charge in [0.15, 0.2) is 0 Å². The molecule has 0 saturated heterocycles. The van der Waals surface area contributed by atoms with Gasteiger partial charge >= 0.3 is 7.60 Å². The topological polar surface area (TPSA) is 144 Å². The molecule has 3 aromatic rings. The molecule has 0 atom stereocenters. The lowest BCUT2D eigenvalue weighted by atomic mass is 10.3. The second kappa shape index (κ2) is 8.21. The molecule has 0 aliphatic heterocycles. The van der Waals surface area contributed by atoms with Crippen LogP contribution in [-0.2, 0) is 24.8 Å². The van der Waals surface area contributed by atoms with Crippen molar-refractivity contribution in [3.63, 3.8) is 0 Å². The zero-order chi connectivity index (χ0) is 22.0. The van der Waals surface area contributed by atoms with Crippen LogP contribution in [0.25, 0.3) is 0 Å². The summed E-state index contributed by atoms with van der Waals surface area (Å²) in [6.45, 7) is 0. The van der Waals surface area contributed by atoms with E-state index in [0.29, 0.717) is 0 Å². The molecule has 9 nitrogen and oxygen atoms in total. The highest BCUT2D eigenvalue weighted by Gasteiger charge is 2.31. The van der Waals surface area contributed by atoms with E-state index in [9.17, 15) is 21.4 Å². The van der Waals surface area contributed by atoms with Gasteiger partial charge in [0.2, 0.25) is 0 Å². The zero-order valence-corrected chi connectivity index (χ0v) is 17.5.